The van der Waals surface area contributed by atoms with Crippen molar-refractivity contribution in [2.75, 3.05) is 32.6 Å². The van der Waals surface area contributed by atoms with Crippen molar-refractivity contribution in [3.63, 3.8) is 0 Å². The van der Waals surface area contributed by atoms with E-state index in [1.807, 2.05) is 49.6 Å². The maximum Gasteiger partial charge on any atom is 0.242 e. The fourth-order valence-corrected chi connectivity index (χ4v) is 9.54. The standard InChI is InChI=1S/C17H18N2O2S.C15H21N3O2.C15H25NO3S/c1-9(2)13-8-22-17(19-13)12-7-14(20)11-5-6-15(21-4)10(3)16(11)18-12;1-11-6-3-4-7-12(11)17-10-14(19)18-9-5-8-13(18)15(20)16-2;1-3-4-5-6-7-8-12-11-13(12)14(17)16-20(18,19)15(2)9-10-15/h5-9H,1-4H3,(H,18,20);3-4,6-7,13,17H,5,8-10H2,1-2H3,(H,16,20);7-8,12-13H,3-6,9-11H2,1-2H3,(H,16,17)/b;;8-7-/t;;12?,13-/m..0/s1. The number of aromatic amines is 1. The second-order valence-electron chi connectivity index (χ2n) is 17.0. The molecule has 336 valence electrons. The first-order valence-electron chi connectivity index (χ1n) is 21.7. The van der Waals surface area contributed by atoms with E-state index in [0.717, 1.165) is 70.2 Å². The molecule has 3 heterocycles. The summed E-state index contributed by atoms with van der Waals surface area (Å²) in [5.74, 6) is 0.808. The highest BCUT2D eigenvalue weighted by atomic mass is 32.2. The zero-order valence-corrected chi connectivity index (χ0v) is 39.1. The highest BCUT2D eigenvalue weighted by Crippen LogP contribution is 2.44. The monoisotopic (exact) mass is 888 g/mol. The minimum absolute atomic E-state index is 0.00389. The van der Waals surface area contributed by atoms with Gasteiger partial charge < -0.3 is 25.3 Å². The number of nitrogens with one attached hydrogen (secondary N) is 4. The molecule has 3 atom stereocenters. The molecule has 2 aromatic heterocycles. The summed E-state index contributed by atoms with van der Waals surface area (Å²) in [6, 6.07) is 12.8. The lowest BCUT2D eigenvalue weighted by atomic mass is 10.1. The average molecular weight is 889 g/mol. The highest BCUT2D eigenvalue weighted by Gasteiger charge is 2.52. The third-order valence-corrected chi connectivity index (χ3v) is 14.9. The first kappa shape index (κ1) is 48.0. The quantitative estimate of drug-likeness (QED) is 0.0680. The normalized spacial score (nSPS) is 18.7. The van der Waals surface area contributed by atoms with Crippen LogP contribution in [0.15, 0.2) is 64.8 Å². The van der Waals surface area contributed by atoms with E-state index in [1.165, 1.54) is 19.3 Å². The molecule has 0 spiro atoms. The van der Waals surface area contributed by atoms with Crippen LogP contribution < -0.4 is 25.5 Å². The number of benzene rings is 2. The van der Waals surface area contributed by atoms with Crippen LogP contribution in [-0.4, -0.2) is 79.0 Å². The molecular formula is C47H64N6O7S2. The summed E-state index contributed by atoms with van der Waals surface area (Å²) in [6.07, 6.45) is 12.6. The Labute approximate surface area is 370 Å². The zero-order chi connectivity index (χ0) is 45.2. The van der Waals surface area contributed by atoms with Gasteiger partial charge in [-0.1, -0.05) is 64.0 Å². The molecule has 2 unspecified atom stereocenters. The van der Waals surface area contributed by atoms with Crippen LogP contribution >= 0.6 is 11.3 Å². The summed E-state index contributed by atoms with van der Waals surface area (Å²) in [6.45, 7) is 12.9. The second kappa shape index (κ2) is 21.4. The van der Waals surface area contributed by atoms with E-state index >= 15 is 0 Å². The number of ether oxygens (including phenoxy) is 1. The molecule has 1 saturated heterocycles. The van der Waals surface area contributed by atoms with Gasteiger partial charge >= 0.3 is 0 Å². The molecule has 4 aromatic rings. The van der Waals surface area contributed by atoms with Gasteiger partial charge in [0.15, 0.2) is 5.43 Å². The first-order valence-corrected chi connectivity index (χ1v) is 24.1. The molecule has 62 heavy (non-hydrogen) atoms. The summed E-state index contributed by atoms with van der Waals surface area (Å²) in [7, 11) is -0.234. The maximum absolute atomic E-state index is 12.4. The van der Waals surface area contributed by atoms with Crippen molar-refractivity contribution in [1.29, 1.82) is 0 Å². The van der Waals surface area contributed by atoms with Gasteiger partial charge in [0.25, 0.3) is 0 Å². The Morgan fingerprint density at radius 1 is 1.10 bits per heavy atom. The number of methoxy groups -OCH3 is 1. The van der Waals surface area contributed by atoms with Crippen LogP contribution in [0.1, 0.15) is 108 Å². The summed E-state index contributed by atoms with van der Waals surface area (Å²) in [4.78, 5) is 57.9. The van der Waals surface area contributed by atoms with Gasteiger partial charge in [0.05, 0.1) is 35.3 Å². The Morgan fingerprint density at radius 2 is 1.84 bits per heavy atom. The predicted octanol–water partition coefficient (Wildman–Crippen LogP) is 7.99. The largest absolute Gasteiger partial charge is 0.496 e. The molecule has 3 fully saturated rings. The number of allylic oxidation sites excluding steroid dienone is 2. The van der Waals surface area contributed by atoms with Gasteiger partial charge in [0, 0.05) is 47.6 Å². The number of nitrogens with zero attached hydrogens (tertiary/aromatic N) is 2. The molecule has 0 bridgehead atoms. The molecule has 3 amide bonds. The van der Waals surface area contributed by atoms with Crippen molar-refractivity contribution < 1.29 is 27.5 Å². The number of pyridine rings is 1. The van der Waals surface area contributed by atoms with E-state index < -0.39 is 14.8 Å². The third kappa shape index (κ3) is 12.1. The van der Waals surface area contributed by atoms with E-state index in [-0.39, 0.29) is 47.6 Å². The number of likely N-dealkylation sites (N-methyl/N-ethyl adjacent to an activating group) is 1. The van der Waals surface area contributed by atoms with Crippen LogP contribution in [0.2, 0.25) is 0 Å². The Balaban J connectivity index is 0.000000176. The van der Waals surface area contributed by atoms with Crippen molar-refractivity contribution in [3.8, 4) is 16.5 Å². The zero-order valence-electron chi connectivity index (χ0n) is 37.4. The lowest BCUT2D eigenvalue weighted by Gasteiger charge is -2.23. The number of thiazole rings is 1. The number of aryl methyl sites for hydroxylation is 2. The SMILES string of the molecule is CCCCC/C=C\C1C[C@@H]1C(=O)NS(=O)(=O)C1(C)CC1.CNC(=O)C1CCCN1C(=O)CNc1ccccc1C.COc1ccc2c(=O)cc(-c3nc(C(C)C)cs3)[nH]c2c1C. The number of anilines is 1. The molecule has 13 nitrogen and oxygen atoms in total. The summed E-state index contributed by atoms with van der Waals surface area (Å²) in [5, 5.41) is 9.32. The number of hydrogen-bond acceptors (Lipinski definition) is 10. The van der Waals surface area contributed by atoms with Gasteiger partial charge in [-0.15, -0.1) is 11.3 Å². The van der Waals surface area contributed by atoms with Crippen molar-refractivity contribution >= 4 is 55.7 Å². The van der Waals surface area contributed by atoms with E-state index in [2.05, 4.69) is 58.2 Å². The molecule has 2 aromatic carbocycles. The molecule has 1 aliphatic heterocycles. The predicted molar refractivity (Wildman–Crippen MR) is 249 cm³/mol. The Morgan fingerprint density at radius 3 is 2.48 bits per heavy atom. The van der Waals surface area contributed by atoms with Crippen molar-refractivity contribution in [1.82, 2.24) is 24.9 Å². The number of unbranched alkanes of at least 4 members (excludes halogenated alkanes) is 3. The number of amides is 3. The number of H-pyrrole nitrogens is 1. The highest BCUT2D eigenvalue weighted by molar-refractivity contribution is 7.91. The molecule has 15 heteroatoms. The minimum Gasteiger partial charge on any atom is -0.496 e. The summed E-state index contributed by atoms with van der Waals surface area (Å²) in [5.41, 5.74) is 5.59. The van der Waals surface area contributed by atoms with Crippen molar-refractivity contribution in [2.24, 2.45) is 11.8 Å². The number of fused-ring (bicyclic) bond motifs is 1. The van der Waals surface area contributed by atoms with Gasteiger partial charge in [0.2, 0.25) is 27.7 Å². The van der Waals surface area contributed by atoms with Gasteiger partial charge in [-0.2, -0.15) is 0 Å². The Hall–Kier alpha value is -5.02. The Bertz CT molecular complexity index is 2400. The number of sulfonamides is 1. The van der Waals surface area contributed by atoms with E-state index in [0.29, 0.717) is 30.7 Å². The molecule has 3 aliphatic rings. The maximum atomic E-state index is 12.4. The number of aromatic nitrogens is 2. The Kier molecular flexibility index (Phi) is 16.6. The minimum atomic E-state index is -3.47. The molecular weight excluding hydrogens is 825 g/mol. The van der Waals surface area contributed by atoms with Crippen molar-refractivity contribution in [2.45, 2.75) is 116 Å². The van der Waals surface area contributed by atoms with Gasteiger partial charge in [-0.25, -0.2) is 13.4 Å². The fraction of sp³-hybridized carbons (Fsp3) is 0.511. The van der Waals surface area contributed by atoms with E-state index in [9.17, 15) is 27.6 Å². The number of carbonyl (C=O) groups is 3. The van der Waals surface area contributed by atoms with Gasteiger partial charge in [-0.3, -0.25) is 23.9 Å². The van der Waals surface area contributed by atoms with Crippen LogP contribution in [0.3, 0.4) is 0 Å². The molecule has 2 saturated carbocycles. The third-order valence-electron chi connectivity index (χ3n) is 11.8. The van der Waals surface area contributed by atoms with Crippen LogP contribution in [0.5, 0.6) is 5.75 Å². The summed E-state index contributed by atoms with van der Waals surface area (Å²) >= 11 is 1.55. The van der Waals surface area contributed by atoms with Crippen molar-refractivity contribution in [3.05, 3.63) is 87.0 Å². The first-order chi connectivity index (χ1) is 29.5. The molecule has 4 N–H and O–H groups in total. The van der Waals surface area contributed by atoms with E-state index in [1.54, 1.807) is 49.5 Å². The number of para-hydroxylation sites is 1. The van der Waals surface area contributed by atoms with Gasteiger partial charge in [0.1, 0.15) is 16.8 Å². The second-order valence-corrected chi connectivity index (χ2v) is 20.0. The molecule has 7 rings (SSSR count). The number of rotatable bonds is 15. The van der Waals surface area contributed by atoms with Crippen LogP contribution in [0.4, 0.5) is 5.69 Å². The molecule has 2 aliphatic carbocycles. The molecule has 0 radical (unpaired) electrons. The van der Waals surface area contributed by atoms with E-state index in [4.69, 9.17) is 4.74 Å². The van der Waals surface area contributed by atoms with Crippen LogP contribution in [-0.2, 0) is 24.4 Å². The topological polar surface area (TPSA) is 180 Å². The number of carbonyl (C=O) groups excluding carboxylic acids is 3. The van der Waals surface area contributed by atoms with Crippen LogP contribution in [0.25, 0.3) is 21.6 Å². The average Bonchev–Trinajstić information content (AvgIpc) is 4.06. The van der Waals surface area contributed by atoms with Gasteiger partial charge in [-0.05, 0) is 101 Å². The number of hydrogen-bond donors (Lipinski definition) is 4. The van der Waals surface area contributed by atoms with Crippen LogP contribution in [0, 0.1) is 25.7 Å². The lowest BCUT2D eigenvalue weighted by Crippen LogP contribution is -2.46. The smallest absolute Gasteiger partial charge is 0.242 e. The fourth-order valence-electron chi connectivity index (χ4n) is 7.29. The lowest BCUT2D eigenvalue weighted by molar-refractivity contribution is -0.136. The number of likely N-dealkylation sites (tertiary alicyclic amines) is 1. The summed E-state index contributed by atoms with van der Waals surface area (Å²) < 4.78 is 30.8.